The molecule has 2 aromatic heterocycles. The van der Waals surface area contributed by atoms with Crippen molar-refractivity contribution in [1.29, 1.82) is 0 Å². The Kier molecular flexibility index (Phi) is 16.3. The summed E-state index contributed by atoms with van der Waals surface area (Å²) < 4.78 is 34.7. The molecule has 23 heteroatoms. The van der Waals surface area contributed by atoms with E-state index in [2.05, 4.69) is 35.8 Å². The maximum atomic E-state index is 12.6. The van der Waals surface area contributed by atoms with Gasteiger partial charge in [0.2, 0.25) is 0 Å². The Labute approximate surface area is 332 Å². The second kappa shape index (κ2) is 18.4. The van der Waals surface area contributed by atoms with Crippen LogP contribution in [0.3, 0.4) is 0 Å². The van der Waals surface area contributed by atoms with E-state index < -0.39 is 42.9 Å². The largest absolute Gasteiger partial charge is 3.00 e. The minimum atomic E-state index is -5.11. The Morgan fingerprint density at radius 1 is 0.880 bits per heavy atom. The quantitative estimate of drug-likeness (QED) is 0.0606. The maximum absolute atomic E-state index is 12.6. The predicted molar refractivity (Wildman–Crippen MR) is 158 cm³/mol. The Hall–Kier alpha value is -3.79. The molecule has 247 valence electrons. The number of hydrogen-bond acceptors (Lipinski definition) is 14. The third-order valence-corrected chi connectivity index (χ3v) is 7.19. The normalized spacial score (nSPS) is 10.9. The van der Waals surface area contributed by atoms with Gasteiger partial charge in [0.05, 0.1) is 38.3 Å². The molecule has 0 amide bonds. The molecule has 0 unspecified atom stereocenters. The van der Waals surface area contributed by atoms with Crippen molar-refractivity contribution in [3.63, 3.8) is 0 Å². The van der Waals surface area contributed by atoms with Crippen molar-refractivity contribution in [2.75, 3.05) is 0 Å². The molecule has 0 saturated carbocycles. The van der Waals surface area contributed by atoms with Crippen LogP contribution in [0.4, 0.5) is 28.4 Å². The van der Waals surface area contributed by atoms with Gasteiger partial charge in [-0.05, 0) is 51.1 Å². The van der Waals surface area contributed by atoms with Crippen LogP contribution in [0.25, 0.3) is 5.69 Å². The van der Waals surface area contributed by atoms with Crippen LogP contribution in [-0.2, 0) is 27.5 Å². The molecule has 0 fully saturated rings. The number of nitrogens with one attached hydrogen (secondary N) is 2. The number of azo groups is 2. The number of nitro groups is 1. The minimum Gasteiger partial charge on any atom is -0.871 e. The standard InChI is InChI=1S/C17H15N5O7S.C10H9ClN4O2.Cr.Li.Na/c1-9-3-5-11(6-4-9)21-17(24)15(10(2)20-21)19-18-13-7-12(30(27,28)29)8-14(16(13)23)22(25)26;1-5-9(10(17)15-12-5)14-13-7-4-6(11)2-3-8(7)16;;;/h3-8,23-24H,1-2H3,(H,27,28,29);2-4,16H,1H3,(H2,12,15,17);;;/q;;+3;2*+1/p-4. The second-order valence-corrected chi connectivity index (χ2v) is 11.4. The molecule has 0 atom stereocenters. The number of benzene rings is 3. The number of rotatable bonds is 7. The van der Waals surface area contributed by atoms with Crippen molar-refractivity contribution in [1.82, 2.24) is 20.0 Å². The molecule has 0 bridgehead atoms. The molecule has 0 saturated heterocycles. The van der Waals surface area contributed by atoms with Gasteiger partial charge in [0.15, 0.2) is 5.69 Å². The number of halogens is 1. The SMILES string of the molecule is Cc1[nH][nH]c(=O)c1N=Nc1cc(Cl)ccc1[O-].Cc1ccc(-n2nc(C)c(N=Nc3cc(S(=O)(=O)[O-])cc([N+](=O)[O-])c3[O-])c2[O-])cc1.[Cr+3].[Li+].[Na+]. The molecule has 0 spiro atoms. The van der Waals surface area contributed by atoms with Crippen molar-refractivity contribution < 1.29 is 99.0 Å². The van der Waals surface area contributed by atoms with Gasteiger partial charge in [-0.25, -0.2) is 13.1 Å². The van der Waals surface area contributed by atoms with Crippen LogP contribution in [0.2, 0.25) is 5.02 Å². The first kappa shape index (κ1) is 44.2. The van der Waals surface area contributed by atoms with E-state index in [0.717, 1.165) is 10.2 Å². The van der Waals surface area contributed by atoms with Gasteiger partial charge >= 0.3 is 65.8 Å². The summed E-state index contributed by atoms with van der Waals surface area (Å²) in [6, 6.07) is 11.9. The van der Waals surface area contributed by atoms with E-state index in [1.807, 2.05) is 6.92 Å². The molecule has 5 aromatic rings. The van der Waals surface area contributed by atoms with Gasteiger partial charge in [0, 0.05) is 22.7 Å². The number of aryl methyl sites for hydroxylation is 3. The molecule has 2 heterocycles. The van der Waals surface area contributed by atoms with E-state index in [4.69, 9.17) is 11.6 Å². The minimum absolute atomic E-state index is 0. The summed E-state index contributed by atoms with van der Waals surface area (Å²) in [5.74, 6) is -2.23. The molecule has 1 radical (unpaired) electrons. The molecule has 18 nitrogen and oxygen atoms in total. The Balaban J connectivity index is 0.000000536. The van der Waals surface area contributed by atoms with Crippen LogP contribution in [0, 0.1) is 30.9 Å². The maximum Gasteiger partial charge on any atom is 3.00 e. The van der Waals surface area contributed by atoms with Crippen LogP contribution in [0.15, 0.2) is 84.7 Å². The summed E-state index contributed by atoms with van der Waals surface area (Å²) in [4.78, 5) is 20.1. The van der Waals surface area contributed by atoms with E-state index in [1.165, 1.54) is 25.1 Å². The zero-order valence-corrected chi connectivity index (χ0v) is 31.5. The number of nitro benzene ring substituents is 1. The summed E-state index contributed by atoms with van der Waals surface area (Å²) in [6.07, 6.45) is 0. The van der Waals surface area contributed by atoms with E-state index in [-0.39, 0.29) is 99.8 Å². The molecule has 0 aliphatic rings. The van der Waals surface area contributed by atoms with Crippen molar-refractivity contribution >= 4 is 50.2 Å². The topological polar surface area (TPSA) is 285 Å². The molecule has 0 aliphatic carbocycles. The third kappa shape index (κ3) is 10.6. The van der Waals surface area contributed by atoms with Crippen LogP contribution in [-0.4, -0.2) is 37.9 Å². The zero-order chi connectivity index (χ0) is 34.6. The van der Waals surface area contributed by atoms with E-state index >= 15 is 0 Å². The summed E-state index contributed by atoms with van der Waals surface area (Å²) in [5, 5.41) is 71.1. The average Bonchev–Trinajstić information content (AvgIpc) is 3.48. The van der Waals surface area contributed by atoms with E-state index in [1.54, 1.807) is 31.2 Å². The van der Waals surface area contributed by atoms with Crippen LogP contribution in [0.5, 0.6) is 17.4 Å². The second-order valence-electron chi connectivity index (χ2n) is 9.55. The summed E-state index contributed by atoms with van der Waals surface area (Å²) in [6.45, 7) is 4.99. The van der Waals surface area contributed by atoms with Gasteiger partial charge in [0.25, 0.3) is 11.2 Å². The molecule has 0 aliphatic heterocycles. The first-order valence-electron chi connectivity index (χ1n) is 12.9. The van der Waals surface area contributed by atoms with Gasteiger partial charge < -0.3 is 25.0 Å². The van der Waals surface area contributed by atoms with E-state index in [9.17, 15) is 43.2 Å². The number of aromatic nitrogens is 4. The first-order chi connectivity index (χ1) is 22.1. The van der Waals surface area contributed by atoms with Gasteiger partial charge in [-0.1, -0.05) is 41.1 Å². The summed E-state index contributed by atoms with van der Waals surface area (Å²) in [7, 11) is -5.11. The average molecular weight is 764 g/mol. The molecule has 3 aromatic carbocycles. The van der Waals surface area contributed by atoms with Gasteiger partial charge in [-0.15, -0.1) is 10.2 Å². The number of aromatic amines is 2. The first-order valence-corrected chi connectivity index (χ1v) is 14.7. The monoisotopic (exact) mass is 763 g/mol. The molecular weight excluding hydrogens is 744 g/mol. The molecule has 50 heavy (non-hydrogen) atoms. The predicted octanol–water partition coefficient (Wildman–Crippen LogP) is -1.98. The summed E-state index contributed by atoms with van der Waals surface area (Å²) >= 11 is 5.73. The molecule has 2 N–H and O–H groups in total. The number of nitrogens with zero attached hydrogens (tertiary/aromatic N) is 7. The zero-order valence-electron chi connectivity index (χ0n) is 26.7. The fourth-order valence-corrected chi connectivity index (χ4v) is 4.42. The Morgan fingerprint density at radius 2 is 1.48 bits per heavy atom. The summed E-state index contributed by atoms with van der Waals surface area (Å²) in [5.41, 5.74) is -0.221. The van der Waals surface area contributed by atoms with Crippen LogP contribution in [0.1, 0.15) is 17.0 Å². The van der Waals surface area contributed by atoms with Crippen molar-refractivity contribution in [2.24, 2.45) is 20.5 Å². The van der Waals surface area contributed by atoms with Crippen LogP contribution < -0.4 is 69.3 Å². The fourth-order valence-electron chi connectivity index (χ4n) is 3.74. The number of hydrogen-bond donors (Lipinski definition) is 2. The smallest absolute Gasteiger partial charge is 0.871 e. The third-order valence-electron chi connectivity index (χ3n) is 6.15. The Bertz CT molecular complexity index is 2230. The van der Waals surface area contributed by atoms with Gasteiger partial charge in [-0.2, -0.15) is 15.3 Å². The molecular formula is C27H20ClCrLiN9NaO9S+. The van der Waals surface area contributed by atoms with Crippen LogP contribution >= 0.6 is 11.6 Å². The number of H-pyrrole nitrogens is 2. The van der Waals surface area contributed by atoms with Gasteiger partial charge in [-0.3, -0.25) is 20.0 Å². The van der Waals surface area contributed by atoms with Gasteiger partial charge in [0.1, 0.15) is 15.8 Å². The molecule has 5 rings (SSSR count). The van der Waals surface area contributed by atoms with Crippen molar-refractivity contribution in [3.8, 4) is 23.1 Å². The fraction of sp³-hybridized carbons (Fsp3) is 0.111. The van der Waals surface area contributed by atoms with Crippen molar-refractivity contribution in [3.05, 3.63) is 97.0 Å². The van der Waals surface area contributed by atoms with Crippen molar-refractivity contribution in [2.45, 2.75) is 25.7 Å². The van der Waals surface area contributed by atoms with E-state index in [0.29, 0.717) is 28.5 Å². The Morgan fingerprint density at radius 3 is 2.04 bits per heavy atom.